The van der Waals surface area contributed by atoms with Gasteiger partial charge in [-0.2, -0.15) is 0 Å². The van der Waals surface area contributed by atoms with E-state index in [1.165, 1.54) is 6.07 Å². The highest BCUT2D eigenvalue weighted by molar-refractivity contribution is 5.37. The van der Waals surface area contributed by atoms with Gasteiger partial charge in [-0.15, -0.1) is 0 Å². The maximum absolute atomic E-state index is 14.0. The van der Waals surface area contributed by atoms with Gasteiger partial charge in [-0.05, 0) is 75.2 Å². The van der Waals surface area contributed by atoms with Gasteiger partial charge in [0, 0.05) is 37.9 Å². The summed E-state index contributed by atoms with van der Waals surface area (Å²) in [5.41, 5.74) is 1.16. The summed E-state index contributed by atoms with van der Waals surface area (Å²) in [6.07, 6.45) is 5.35. The van der Waals surface area contributed by atoms with Gasteiger partial charge >= 0.3 is 0 Å². The van der Waals surface area contributed by atoms with Crippen LogP contribution in [0.1, 0.15) is 43.6 Å². The summed E-state index contributed by atoms with van der Waals surface area (Å²) in [7, 11) is 0. The van der Waals surface area contributed by atoms with Gasteiger partial charge in [-0.3, -0.25) is 4.90 Å². The van der Waals surface area contributed by atoms with Crippen molar-refractivity contribution in [2.24, 2.45) is 5.92 Å². The average molecular weight is 405 g/mol. The number of benzene rings is 1. The molecular weight excluding hydrogens is 371 g/mol. The molecule has 0 aromatic heterocycles. The monoisotopic (exact) mass is 404 g/mol. The smallest absolute Gasteiger partial charge is 0.123 e. The van der Waals surface area contributed by atoms with E-state index in [4.69, 9.17) is 14.2 Å². The Morgan fingerprint density at radius 2 is 1.93 bits per heavy atom. The molecule has 1 spiro atoms. The predicted octanol–water partition coefficient (Wildman–Crippen LogP) is 2.94. The van der Waals surface area contributed by atoms with E-state index < -0.39 is 0 Å². The summed E-state index contributed by atoms with van der Waals surface area (Å²) in [5, 5.41) is 3.34. The standard InChI is InChI=1S/C23H33FN2O3/c24-19-1-2-22(28-13-17-5-9-27-10-6-17)21(11-19)18-3-7-26(8-4-18)20-12-23(29-14-20)15-25-16-23/h1-2,11,17-18,20,25H,3-10,12-16H2. The van der Waals surface area contributed by atoms with Gasteiger partial charge in [-0.1, -0.05) is 0 Å². The summed E-state index contributed by atoms with van der Waals surface area (Å²) in [6, 6.07) is 5.59. The molecule has 0 radical (unpaired) electrons. The van der Waals surface area contributed by atoms with Crippen LogP contribution in [-0.2, 0) is 9.47 Å². The molecule has 1 unspecified atom stereocenters. The molecule has 0 saturated carbocycles. The van der Waals surface area contributed by atoms with Crippen molar-refractivity contribution in [2.45, 2.75) is 49.7 Å². The number of piperidine rings is 1. The molecule has 160 valence electrons. The average Bonchev–Trinajstić information content (AvgIpc) is 3.20. The first kappa shape index (κ1) is 19.7. The number of hydrogen-bond donors (Lipinski definition) is 1. The van der Waals surface area contributed by atoms with Crippen molar-refractivity contribution in [1.29, 1.82) is 0 Å². The molecule has 1 atom stereocenters. The minimum atomic E-state index is -0.163. The molecular formula is C23H33FN2O3. The normalized spacial score (nSPS) is 28.5. The Kier molecular flexibility index (Phi) is 5.78. The van der Waals surface area contributed by atoms with E-state index in [0.29, 0.717) is 24.5 Å². The van der Waals surface area contributed by atoms with Crippen molar-refractivity contribution in [2.75, 3.05) is 52.6 Å². The lowest BCUT2D eigenvalue weighted by atomic mass is 9.86. The Bertz CT molecular complexity index is 697. The van der Waals surface area contributed by atoms with Crippen LogP contribution in [0, 0.1) is 11.7 Å². The molecule has 4 aliphatic rings. The first-order valence-corrected chi connectivity index (χ1v) is 11.3. The first-order valence-electron chi connectivity index (χ1n) is 11.3. The van der Waals surface area contributed by atoms with Crippen LogP contribution in [0.5, 0.6) is 5.75 Å². The fourth-order valence-electron chi connectivity index (χ4n) is 5.37. The third kappa shape index (κ3) is 4.31. The molecule has 5 nitrogen and oxygen atoms in total. The maximum atomic E-state index is 14.0. The lowest BCUT2D eigenvalue weighted by Gasteiger charge is -2.40. The van der Waals surface area contributed by atoms with Gasteiger partial charge in [0.25, 0.3) is 0 Å². The van der Waals surface area contributed by atoms with Crippen molar-refractivity contribution < 1.29 is 18.6 Å². The van der Waals surface area contributed by atoms with Gasteiger partial charge in [-0.25, -0.2) is 4.39 Å². The molecule has 4 fully saturated rings. The zero-order chi connectivity index (χ0) is 19.7. The molecule has 5 rings (SSSR count). The van der Waals surface area contributed by atoms with Crippen molar-refractivity contribution >= 4 is 0 Å². The van der Waals surface area contributed by atoms with Crippen molar-refractivity contribution in [3.05, 3.63) is 29.6 Å². The molecule has 1 aromatic carbocycles. The molecule has 0 amide bonds. The minimum absolute atomic E-state index is 0.106. The van der Waals surface area contributed by atoms with Crippen molar-refractivity contribution in [1.82, 2.24) is 10.2 Å². The second kappa shape index (κ2) is 8.50. The number of hydrogen-bond acceptors (Lipinski definition) is 5. The molecule has 4 saturated heterocycles. The number of ether oxygens (including phenoxy) is 3. The van der Waals surface area contributed by atoms with Crippen LogP contribution < -0.4 is 10.1 Å². The van der Waals surface area contributed by atoms with Gasteiger partial charge in [0.15, 0.2) is 0 Å². The summed E-state index contributed by atoms with van der Waals surface area (Å²) >= 11 is 0. The zero-order valence-electron chi connectivity index (χ0n) is 17.2. The second-order valence-electron chi connectivity index (χ2n) is 9.31. The van der Waals surface area contributed by atoms with Gasteiger partial charge in [0.05, 0.1) is 18.8 Å². The van der Waals surface area contributed by atoms with Gasteiger partial charge < -0.3 is 19.5 Å². The van der Waals surface area contributed by atoms with Gasteiger partial charge in [0.1, 0.15) is 11.6 Å². The van der Waals surface area contributed by atoms with E-state index in [0.717, 1.165) is 89.4 Å². The maximum Gasteiger partial charge on any atom is 0.123 e. The topological polar surface area (TPSA) is 43.0 Å². The lowest BCUT2D eigenvalue weighted by Crippen LogP contribution is -2.59. The SMILES string of the molecule is Fc1ccc(OCC2CCOCC2)c(C2CCN(C3COC4(CNC4)C3)CC2)c1. The van der Waals surface area contributed by atoms with E-state index >= 15 is 0 Å². The highest BCUT2D eigenvalue weighted by Gasteiger charge is 2.47. The van der Waals surface area contributed by atoms with Gasteiger partial charge in [0.2, 0.25) is 0 Å². The largest absolute Gasteiger partial charge is 0.493 e. The summed E-state index contributed by atoms with van der Waals surface area (Å²) in [4.78, 5) is 2.59. The Morgan fingerprint density at radius 1 is 1.14 bits per heavy atom. The summed E-state index contributed by atoms with van der Waals surface area (Å²) in [5.74, 6) is 1.62. The predicted molar refractivity (Wildman–Crippen MR) is 109 cm³/mol. The fourth-order valence-corrected chi connectivity index (χ4v) is 5.37. The Hall–Kier alpha value is -1.21. The number of likely N-dealkylation sites (tertiary alicyclic amines) is 1. The van der Waals surface area contributed by atoms with E-state index in [2.05, 4.69) is 10.2 Å². The fraction of sp³-hybridized carbons (Fsp3) is 0.739. The second-order valence-corrected chi connectivity index (χ2v) is 9.31. The first-order chi connectivity index (χ1) is 14.2. The number of halogens is 1. The number of nitrogens with zero attached hydrogens (tertiary/aromatic N) is 1. The summed E-state index contributed by atoms with van der Waals surface area (Å²) < 4.78 is 31.8. The molecule has 29 heavy (non-hydrogen) atoms. The molecule has 1 N–H and O–H groups in total. The van der Waals surface area contributed by atoms with Crippen LogP contribution in [0.2, 0.25) is 0 Å². The Labute approximate surface area is 172 Å². The highest BCUT2D eigenvalue weighted by atomic mass is 19.1. The highest BCUT2D eigenvalue weighted by Crippen LogP contribution is 2.38. The lowest BCUT2D eigenvalue weighted by molar-refractivity contribution is -0.0367. The van der Waals surface area contributed by atoms with Crippen LogP contribution in [0.15, 0.2) is 18.2 Å². The van der Waals surface area contributed by atoms with Crippen LogP contribution in [0.4, 0.5) is 4.39 Å². The van der Waals surface area contributed by atoms with Crippen molar-refractivity contribution in [3.8, 4) is 5.75 Å². The Balaban J connectivity index is 1.19. The van der Waals surface area contributed by atoms with Crippen LogP contribution in [0.3, 0.4) is 0 Å². The summed E-state index contributed by atoms with van der Waals surface area (Å²) in [6.45, 7) is 7.31. The quantitative estimate of drug-likeness (QED) is 0.817. The van der Waals surface area contributed by atoms with E-state index in [1.807, 2.05) is 6.07 Å². The van der Waals surface area contributed by atoms with E-state index in [-0.39, 0.29) is 11.4 Å². The third-order valence-corrected chi connectivity index (χ3v) is 7.36. The zero-order valence-corrected chi connectivity index (χ0v) is 17.2. The Morgan fingerprint density at radius 3 is 2.62 bits per heavy atom. The van der Waals surface area contributed by atoms with Crippen LogP contribution >= 0.6 is 0 Å². The molecule has 6 heteroatoms. The molecule has 0 bridgehead atoms. The number of nitrogens with one attached hydrogen (secondary N) is 1. The van der Waals surface area contributed by atoms with E-state index in [1.54, 1.807) is 6.07 Å². The van der Waals surface area contributed by atoms with Crippen molar-refractivity contribution in [3.63, 3.8) is 0 Å². The molecule has 4 aliphatic heterocycles. The minimum Gasteiger partial charge on any atom is -0.493 e. The van der Waals surface area contributed by atoms with Crippen LogP contribution in [0.25, 0.3) is 0 Å². The molecule has 0 aliphatic carbocycles. The third-order valence-electron chi connectivity index (χ3n) is 7.36. The van der Waals surface area contributed by atoms with Crippen LogP contribution in [-0.4, -0.2) is 69.1 Å². The molecule has 1 aromatic rings. The van der Waals surface area contributed by atoms with E-state index in [9.17, 15) is 4.39 Å². The molecule has 4 heterocycles. The number of rotatable bonds is 5.